The van der Waals surface area contributed by atoms with Crippen molar-refractivity contribution in [1.29, 1.82) is 0 Å². The zero-order chi connectivity index (χ0) is 15.9. The Kier molecular flexibility index (Phi) is 5.38. The van der Waals surface area contributed by atoms with Crippen LogP contribution < -0.4 is 10.1 Å². The Balaban J connectivity index is 1.98. The average Bonchev–Trinajstić information content (AvgIpc) is 2.51. The van der Waals surface area contributed by atoms with E-state index in [9.17, 15) is 9.90 Å². The number of nitrogens with one attached hydrogen (secondary N) is 1. The Morgan fingerprint density at radius 3 is 2.68 bits per heavy atom. The topological polar surface area (TPSA) is 78.8 Å². The van der Waals surface area contributed by atoms with Crippen LogP contribution in [-0.2, 0) is 13.1 Å². The summed E-state index contributed by atoms with van der Waals surface area (Å²) in [4.78, 5) is 10.9. The Hall–Kier alpha value is -2.53. The van der Waals surface area contributed by atoms with E-state index in [1.54, 1.807) is 24.3 Å². The minimum Gasteiger partial charge on any atom is -0.504 e. The molecule has 0 amide bonds. The maximum Gasteiger partial charge on any atom is 0.335 e. The predicted octanol–water partition coefficient (Wildman–Crippen LogP) is 2.78. The highest BCUT2D eigenvalue weighted by Crippen LogP contribution is 2.29. The van der Waals surface area contributed by atoms with E-state index in [0.29, 0.717) is 25.4 Å². The minimum atomic E-state index is -0.941. The lowest BCUT2D eigenvalue weighted by atomic mass is 10.1. The van der Waals surface area contributed by atoms with Crippen molar-refractivity contribution in [1.82, 2.24) is 5.32 Å². The number of aromatic carboxylic acids is 1. The molecule has 0 aliphatic heterocycles. The van der Waals surface area contributed by atoms with Crippen molar-refractivity contribution < 1.29 is 19.7 Å². The molecule has 0 atom stereocenters. The molecule has 2 aromatic carbocycles. The summed E-state index contributed by atoms with van der Waals surface area (Å²) >= 11 is 0. The van der Waals surface area contributed by atoms with Crippen LogP contribution in [0.3, 0.4) is 0 Å². The molecule has 5 heteroatoms. The molecule has 116 valence electrons. The summed E-state index contributed by atoms with van der Waals surface area (Å²) in [5.74, 6) is -0.338. The number of para-hydroxylation sites is 1. The van der Waals surface area contributed by atoms with Crippen molar-refractivity contribution >= 4 is 5.97 Å². The van der Waals surface area contributed by atoms with E-state index in [1.165, 1.54) is 0 Å². The molecule has 0 aliphatic rings. The molecule has 0 aliphatic carbocycles. The highest BCUT2D eigenvalue weighted by Gasteiger charge is 2.08. The minimum absolute atomic E-state index is 0.135. The van der Waals surface area contributed by atoms with Crippen molar-refractivity contribution in [3.8, 4) is 11.5 Å². The van der Waals surface area contributed by atoms with Crippen LogP contribution in [0.2, 0.25) is 0 Å². The molecule has 0 saturated carbocycles. The summed E-state index contributed by atoms with van der Waals surface area (Å²) < 4.78 is 5.34. The van der Waals surface area contributed by atoms with E-state index in [0.717, 1.165) is 11.1 Å². The molecule has 3 N–H and O–H groups in total. The van der Waals surface area contributed by atoms with Gasteiger partial charge in [0.05, 0.1) is 12.2 Å². The number of hydrogen-bond donors (Lipinski definition) is 3. The molecular formula is C17H19NO4. The van der Waals surface area contributed by atoms with Gasteiger partial charge in [0.2, 0.25) is 0 Å². The third kappa shape index (κ3) is 3.99. The van der Waals surface area contributed by atoms with Crippen LogP contribution in [0, 0.1) is 0 Å². The lowest BCUT2D eigenvalue weighted by Gasteiger charge is -2.11. The smallest absolute Gasteiger partial charge is 0.335 e. The van der Waals surface area contributed by atoms with Crippen LogP contribution in [0.15, 0.2) is 42.5 Å². The van der Waals surface area contributed by atoms with Crippen molar-refractivity contribution in [3.63, 3.8) is 0 Å². The highest BCUT2D eigenvalue weighted by atomic mass is 16.5. The fourth-order valence-electron chi connectivity index (χ4n) is 2.14. The number of rotatable bonds is 7. The molecular weight excluding hydrogens is 282 g/mol. The van der Waals surface area contributed by atoms with E-state index in [4.69, 9.17) is 9.84 Å². The van der Waals surface area contributed by atoms with Crippen molar-refractivity contribution in [2.45, 2.75) is 20.0 Å². The first-order chi connectivity index (χ1) is 10.6. The number of hydrogen-bond acceptors (Lipinski definition) is 4. The maximum absolute atomic E-state index is 10.9. The largest absolute Gasteiger partial charge is 0.504 e. The van der Waals surface area contributed by atoms with Gasteiger partial charge in [-0.2, -0.15) is 0 Å². The summed E-state index contributed by atoms with van der Waals surface area (Å²) in [5.41, 5.74) is 1.88. The Bertz CT molecular complexity index is 655. The van der Waals surface area contributed by atoms with Gasteiger partial charge >= 0.3 is 5.97 Å². The molecule has 0 saturated heterocycles. The van der Waals surface area contributed by atoms with Crippen LogP contribution in [0.25, 0.3) is 0 Å². The monoisotopic (exact) mass is 301 g/mol. The number of phenolic OH excluding ortho intramolecular Hbond substituents is 1. The SMILES string of the molecule is CCOc1cccc(CNCc2cccc(C(=O)O)c2)c1O. The fraction of sp³-hybridized carbons (Fsp3) is 0.235. The van der Waals surface area contributed by atoms with Gasteiger partial charge in [-0.15, -0.1) is 0 Å². The number of aromatic hydroxyl groups is 1. The normalized spacial score (nSPS) is 10.4. The van der Waals surface area contributed by atoms with Crippen molar-refractivity contribution in [2.24, 2.45) is 0 Å². The van der Waals surface area contributed by atoms with E-state index in [1.807, 2.05) is 25.1 Å². The van der Waals surface area contributed by atoms with Crippen LogP contribution in [0.1, 0.15) is 28.4 Å². The summed E-state index contributed by atoms with van der Waals surface area (Å²) in [5, 5.41) is 22.2. The van der Waals surface area contributed by atoms with Gasteiger partial charge < -0.3 is 20.3 Å². The van der Waals surface area contributed by atoms with Gasteiger partial charge in [-0.25, -0.2) is 4.79 Å². The van der Waals surface area contributed by atoms with Crippen LogP contribution >= 0.6 is 0 Å². The average molecular weight is 301 g/mol. The first-order valence-electron chi connectivity index (χ1n) is 7.08. The van der Waals surface area contributed by atoms with Crippen LogP contribution in [0.4, 0.5) is 0 Å². The zero-order valence-corrected chi connectivity index (χ0v) is 12.4. The molecule has 0 unspecified atom stereocenters. The number of phenols is 1. The maximum atomic E-state index is 10.9. The summed E-state index contributed by atoms with van der Waals surface area (Å²) in [6.45, 7) is 3.33. The molecule has 2 aromatic rings. The van der Waals surface area contributed by atoms with Gasteiger partial charge in [-0.3, -0.25) is 0 Å². The molecule has 5 nitrogen and oxygen atoms in total. The first kappa shape index (κ1) is 15.9. The van der Waals surface area contributed by atoms with Crippen molar-refractivity contribution in [3.05, 3.63) is 59.2 Å². The lowest BCUT2D eigenvalue weighted by molar-refractivity contribution is 0.0696. The van der Waals surface area contributed by atoms with E-state index >= 15 is 0 Å². The Morgan fingerprint density at radius 2 is 1.95 bits per heavy atom. The summed E-state index contributed by atoms with van der Waals surface area (Å²) in [7, 11) is 0. The predicted molar refractivity (Wildman–Crippen MR) is 83.2 cm³/mol. The van der Waals surface area contributed by atoms with Gasteiger partial charge in [-0.1, -0.05) is 24.3 Å². The number of carbonyl (C=O) groups is 1. The molecule has 22 heavy (non-hydrogen) atoms. The first-order valence-corrected chi connectivity index (χ1v) is 7.08. The Labute approximate surface area is 129 Å². The molecule has 2 rings (SSSR count). The van der Waals surface area contributed by atoms with Gasteiger partial charge in [-0.05, 0) is 30.7 Å². The van der Waals surface area contributed by atoms with E-state index < -0.39 is 5.97 Å². The quantitative estimate of drug-likeness (QED) is 0.733. The third-order valence-electron chi connectivity index (χ3n) is 3.20. The van der Waals surface area contributed by atoms with Gasteiger partial charge in [0.25, 0.3) is 0 Å². The van der Waals surface area contributed by atoms with Gasteiger partial charge in [0, 0.05) is 18.7 Å². The second-order valence-corrected chi connectivity index (χ2v) is 4.81. The Morgan fingerprint density at radius 1 is 1.18 bits per heavy atom. The van der Waals surface area contributed by atoms with Crippen LogP contribution in [-0.4, -0.2) is 22.8 Å². The van der Waals surface area contributed by atoms with E-state index in [-0.39, 0.29) is 11.3 Å². The number of ether oxygens (including phenoxy) is 1. The molecule has 0 heterocycles. The number of carboxylic acid groups (broad SMARTS) is 1. The molecule has 0 radical (unpaired) electrons. The molecule has 0 fully saturated rings. The van der Waals surface area contributed by atoms with E-state index in [2.05, 4.69) is 5.32 Å². The third-order valence-corrected chi connectivity index (χ3v) is 3.20. The number of carboxylic acids is 1. The van der Waals surface area contributed by atoms with Gasteiger partial charge in [0.15, 0.2) is 11.5 Å². The standard InChI is InChI=1S/C17H19NO4/c1-2-22-15-8-4-7-14(16(15)19)11-18-10-12-5-3-6-13(9-12)17(20)21/h3-9,18-19H,2,10-11H2,1H3,(H,20,21). The number of benzene rings is 2. The summed E-state index contributed by atoms with van der Waals surface area (Å²) in [6, 6.07) is 12.1. The molecule has 0 aromatic heterocycles. The second kappa shape index (κ2) is 7.47. The fourth-order valence-corrected chi connectivity index (χ4v) is 2.14. The van der Waals surface area contributed by atoms with Crippen molar-refractivity contribution in [2.75, 3.05) is 6.61 Å². The molecule has 0 spiro atoms. The highest BCUT2D eigenvalue weighted by molar-refractivity contribution is 5.87. The lowest BCUT2D eigenvalue weighted by Crippen LogP contribution is -2.13. The second-order valence-electron chi connectivity index (χ2n) is 4.81. The van der Waals surface area contributed by atoms with Gasteiger partial charge in [0.1, 0.15) is 0 Å². The van der Waals surface area contributed by atoms with Crippen LogP contribution in [0.5, 0.6) is 11.5 Å². The summed E-state index contributed by atoms with van der Waals surface area (Å²) in [6.07, 6.45) is 0. The zero-order valence-electron chi connectivity index (χ0n) is 12.4. The molecule has 0 bridgehead atoms.